The Hall–Kier alpha value is -2.99. The summed E-state index contributed by atoms with van der Waals surface area (Å²) in [6, 6.07) is 9.99. The number of hydrogen-bond acceptors (Lipinski definition) is 6. The summed E-state index contributed by atoms with van der Waals surface area (Å²) in [5.41, 5.74) is 1.07. The molecule has 29 heavy (non-hydrogen) atoms. The van der Waals surface area contributed by atoms with Gasteiger partial charge in [0, 0.05) is 11.6 Å². The second kappa shape index (κ2) is 11.1. The Morgan fingerprint density at radius 3 is 2.34 bits per heavy atom. The third kappa shape index (κ3) is 6.54. The Morgan fingerprint density at radius 2 is 1.72 bits per heavy atom. The average Bonchev–Trinajstić information content (AvgIpc) is 2.71. The van der Waals surface area contributed by atoms with Gasteiger partial charge in [-0.05, 0) is 61.9 Å². The van der Waals surface area contributed by atoms with Crippen molar-refractivity contribution in [1.82, 2.24) is 0 Å². The molecule has 7 heteroatoms. The summed E-state index contributed by atoms with van der Waals surface area (Å²) in [6.45, 7) is 4.35. The van der Waals surface area contributed by atoms with Crippen molar-refractivity contribution in [2.45, 2.75) is 13.8 Å². The van der Waals surface area contributed by atoms with Gasteiger partial charge < -0.3 is 18.9 Å². The van der Waals surface area contributed by atoms with E-state index in [1.807, 2.05) is 13.8 Å². The van der Waals surface area contributed by atoms with Crippen LogP contribution in [0.4, 0.5) is 0 Å². The molecule has 0 atom stereocenters. The minimum Gasteiger partial charge on any atom is -0.494 e. The lowest BCUT2D eigenvalue weighted by atomic mass is 10.1. The van der Waals surface area contributed by atoms with Gasteiger partial charge in [-0.1, -0.05) is 11.6 Å². The van der Waals surface area contributed by atoms with E-state index in [0.29, 0.717) is 46.6 Å². The van der Waals surface area contributed by atoms with Crippen LogP contribution in [0, 0.1) is 0 Å². The smallest absolute Gasteiger partial charge is 0.331 e. The van der Waals surface area contributed by atoms with Crippen molar-refractivity contribution in [3.05, 3.63) is 58.6 Å². The molecule has 0 radical (unpaired) electrons. The molecule has 6 nitrogen and oxygen atoms in total. The molecule has 2 aromatic carbocycles. The highest BCUT2D eigenvalue weighted by Gasteiger charge is 2.11. The fourth-order valence-electron chi connectivity index (χ4n) is 2.48. The molecule has 0 spiro atoms. The first-order valence-electron chi connectivity index (χ1n) is 9.09. The molecule has 0 aromatic heterocycles. The first kappa shape index (κ1) is 22.3. The molecule has 0 amide bonds. The number of ether oxygens (including phenoxy) is 4. The maximum Gasteiger partial charge on any atom is 0.331 e. The van der Waals surface area contributed by atoms with Crippen LogP contribution < -0.4 is 14.2 Å². The third-order valence-corrected chi connectivity index (χ3v) is 4.06. The van der Waals surface area contributed by atoms with Crippen molar-refractivity contribution in [3.8, 4) is 17.2 Å². The monoisotopic (exact) mass is 418 g/mol. The normalized spacial score (nSPS) is 10.6. The number of halogens is 1. The van der Waals surface area contributed by atoms with Crippen LogP contribution in [0.25, 0.3) is 6.08 Å². The van der Waals surface area contributed by atoms with E-state index in [0.717, 1.165) is 0 Å². The van der Waals surface area contributed by atoms with E-state index in [9.17, 15) is 9.59 Å². The van der Waals surface area contributed by atoms with Crippen LogP contribution in [0.1, 0.15) is 29.8 Å². The highest BCUT2D eigenvalue weighted by Crippen LogP contribution is 2.36. The Bertz CT molecular complexity index is 874. The van der Waals surface area contributed by atoms with Gasteiger partial charge in [0.2, 0.25) is 0 Å². The Kier molecular flexibility index (Phi) is 8.55. The topological polar surface area (TPSA) is 71.1 Å². The number of ketones is 1. The Labute approximate surface area is 175 Å². The van der Waals surface area contributed by atoms with E-state index >= 15 is 0 Å². The summed E-state index contributed by atoms with van der Waals surface area (Å²) in [4.78, 5) is 24.1. The second-order valence-corrected chi connectivity index (χ2v) is 6.20. The summed E-state index contributed by atoms with van der Waals surface area (Å²) in [5, 5.41) is 0.358. The van der Waals surface area contributed by atoms with E-state index in [1.165, 1.54) is 19.3 Å². The fraction of sp³-hybridized carbons (Fsp3) is 0.273. The minimum absolute atomic E-state index is 0.305. The van der Waals surface area contributed by atoms with Gasteiger partial charge in [-0.3, -0.25) is 4.79 Å². The van der Waals surface area contributed by atoms with Crippen LogP contribution >= 0.6 is 11.6 Å². The van der Waals surface area contributed by atoms with Crippen LogP contribution in [0.2, 0.25) is 5.02 Å². The third-order valence-electron chi connectivity index (χ3n) is 3.78. The second-order valence-electron chi connectivity index (χ2n) is 5.79. The predicted octanol–water partition coefficient (Wildman–Crippen LogP) is 4.59. The summed E-state index contributed by atoms with van der Waals surface area (Å²) in [7, 11) is 1.50. The number of carbonyl (C=O) groups is 2. The summed E-state index contributed by atoms with van der Waals surface area (Å²) < 4.78 is 21.1. The summed E-state index contributed by atoms with van der Waals surface area (Å²) in [5.74, 6) is 0.624. The SMILES string of the molecule is CCOc1ccc(C(=O)COC(=O)/C=C/c2cc(Cl)c(OC)c(OCC)c2)cc1. The predicted molar refractivity (Wildman–Crippen MR) is 111 cm³/mol. The van der Waals surface area contributed by atoms with Gasteiger partial charge in [-0.25, -0.2) is 4.79 Å². The molecule has 0 unspecified atom stereocenters. The van der Waals surface area contributed by atoms with Crippen LogP contribution in [0.3, 0.4) is 0 Å². The molecule has 2 rings (SSSR count). The van der Waals surface area contributed by atoms with Crippen LogP contribution in [0.15, 0.2) is 42.5 Å². The van der Waals surface area contributed by atoms with Crippen LogP contribution in [0.5, 0.6) is 17.2 Å². The largest absolute Gasteiger partial charge is 0.494 e. The molecule has 0 saturated carbocycles. The quantitative estimate of drug-likeness (QED) is 0.319. The maximum absolute atomic E-state index is 12.1. The Morgan fingerprint density at radius 1 is 1.03 bits per heavy atom. The van der Waals surface area contributed by atoms with E-state index in [-0.39, 0.29) is 12.4 Å². The number of Topliss-reactive ketones (excluding diaryl/α,β-unsaturated/α-hetero) is 1. The highest BCUT2D eigenvalue weighted by molar-refractivity contribution is 6.32. The minimum atomic E-state index is -0.644. The standard InChI is InChI=1S/C22H23ClO6/c1-4-27-17-9-7-16(8-10-17)19(24)14-29-21(25)11-6-15-12-18(23)22(26-3)20(13-15)28-5-2/h6-13H,4-5,14H2,1-3H3/b11-6+. The first-order chi connectivity index (χ1) is 14.0. The molecule has 0 saturated heterocycles. The van der Waals surface area contributed by atoms with Crippen molar-refractivity contribution in [2.24, 2.45) is 0 Å². The van der Waals surface area contributed by atoms with Gasteiger partial charge in [-0.15, -0.1) is 0 Å². The lowest BCUT2D eigenvalue weighted by molar-refractivity contribution is -0.136. The zero-order valence-electron chi connectivity index (χ0n) is 16.6. The maximum atomic E-state index is 12.1. The average molecular weight is 419 g/mol. The number of rotatable bonds is 10. The van der Waals surface area contributed by atoms with Crippen molar-refractivity contribution in [2.75, 3.05) is 26.9 Å². The number of carbonyl (C=O) groups excluding carboxylic acids is 2. The lowest BCUT2D eigenvalue weighted by Crippen LogP contribution is -2.12. The molecule has 154 valence electrons. The van der Waals surface area contributed by atoms with Gasteiger partial charge in [0.1, 0.15) is 5.75 Å². The molecule has 0 aliphatic carbocycles. The highest BCUT2D eigenvalue weighted by atomic mass is 35.5. The van der Waals surface area contributed by atoms with Gasteiger partial charge in [-0.2, -0.15) is 0 Å². The molecule has 0 bridgehead atoms. The van der Waals surface area contributed by atoms with Gasteiger partial charge >= 0.3 is 5.97 Å². The van der Waals surface area contributed by atoms with Gasteiger partial charge in [0.05, 0.1) is 25.3 Å². The zero-order valence-corrected chi connectivity index (χ0v) is 17.3. The van der Waals surface area contributed by atoms with Crippen molar-refractivity contribution >= 4 is 29.4 Å². The molecule has 0 fully saturated rings. The van der Waals surface area contributed by atoms with E-state index in [2.05, 4.69) is 0 Å². The molecular formula is C22H23ClO6. The zero-order chi connectivity index (χ0) is 21.2. The molecule has 0 aliphatic heterocycles. The fourth-order valence-corrected chi connectivity index (χ4v) is 2.78. The van der Waals surface area contributed by atoms with Crippen molar-refractivity contribution in [1.29, 1.82) is 0 Å². The lowest BCUT2D eigenvalue weighted by Gasteiger charge is -2.11. The van der Waals surface area contributed by atoms with Crippen molar-refractivity contribution < 1.29 is 28.5 Å². The summed E-state index contributed by atoms with van der Waals surface area (Å²) in [6.07, 6.45) is 2.75. The van der Waals surface area contributed by atoms with Crippen LogP contribution in [-0.2, 0) is 9.53 Å². The van der Waals surface area contributed by atoms with E-state index in [1.54, 1.807) is 36.4 Å². The van der Waals surface area contributed by atoms with E-state index in [4.69, 9.17) is 30.5 Å². The number of benzene rings is 2. The molecular weight excluding hydrogens is 396 g/mol. The molecule has 2 aromatic rings. The molecule has 0 aliphatic rings. The molecule has 0 N–H and O–H groups in total. The van der Waals surface area contributed by atoms with Gasteiger partial charge in [0.25, 0.3) is 0 Å². The van der Waals surface area contributed by atoms with Crippen molar-refractivity contribution in [3.63, 3.8) is 0 Å². The van der Waals surface area contributed by atoms with Gasteiger partial charge in [0.15, 0.2) is 23.9 Å². The summed E-state index contributed by atoms with van der Waals surface area (Å²) >= 11 is 6.18. The van der Waals surface area contributed by atoms with E-state index < -0.39 is 5.97 Å². The first-order valence-corrected chi connectivity index (χ1v) is 9.47. The number of hydrogen-bond donors (Lipinski definition) is 0. The number of methoxy groups -OCH3 is 1. The molecule has 0 heterocycles. The van der Waals surface area contributed by atoms with Crippen LogP contribution in [-0.4, -0.2) is 38.7 Å². The Balaban J connectivity index is 1.96. The number of esters is 1.